The van der Waals surface area contributed by atoms with Gasteiger partial charge < -0.3 is 15.7 Å². The molecule has 1 amide bonds. The minimum absolute atomic E-state index is 0.0496. The Balaban J connectivity index is 2.66. The lowest BCUT2D eigenvalue weighted by Crippen LogP contribution is -2.35. The molecule has 18 heavy (non-hydrogen) atoms. The number of carboxylic acid groups (broad SMARTS) is 1. The van der Waals surface area contributed by atoms with Gasteiger partial charge in [0.2, 0.25) is 5.91 Å². The van der Waals surface area contributed by atoms with Gasteiger partial charge in [-0.2, -0.15) is 0 Å². The number of halogens is 1. The van der Waals surface area contributed by atoms with E-state index in [1.165, 1.54) is 19.1 Å². The van der Waals surface area contributed by atoms with Gasteiger partial charge in [0, 0.05) is 25.2 Å². The summed E-state index contributed by atoms with van der Waals surface area (Å²) in [5, 5.41) is 14.9. The number of aromatic carboxylic acids is 1. The average molecular weight is 271 g/mol. The standard InChI is InChI=1S/C12H15ClN2O3/c1-7(15-8(2)16)6-14-9-3-4-11(13)10(5-9)12(17)18/h3-5,7,14H,6H2,1-2H3,(H,15,16)(H,17,18). The summed E-state index contributed by atoms with van der Waals surface area (Å²) < 4.78 is 0. The summed E-state index contributed by atoms with van der Waals surface area (Å²) in [7, 11) is 0. The molecule has 5 nitrogen and oxygen atoms in total. The van der Waals surface area contributed by atoms with E-state index < -0.39 is 5.97 Å². The van der Waals surface area contributed by atoms with E-state index in [1.807, 2.05) is 6.92 Å². The van der Waals surface area contributed by atoms with Crippen LogP contribution in [0.25, 0.3) is 0 Å². The highest BCUT2D eigenvalue weighted by Crippen LogP contribution is 2.20. The van der Waals surface area contributed by atoms with Crippen LogP contribution in [-0.4, -0.2) is 29.6 Å². The van der Waals surface area contributed by atoms with E-state index in [9.17, 15) is 9.59 Å². The largest absolute Gasteiger partial charge is 0.478 e. The van der Waals surface area contributed by atoms with Crippen molar-refractivity contribution in [2.75, 3.05) is 11.9 Å². The minimum Gasteiger partial charge on any atom is -0.478 e. The first-order chi connectivity index (χ1) is 8.40. The fraction of sp³-hybridized carbons (Fsp3) is 0.333. The molecule has 3 N–H and O–H groups in total. The van der Waals surface area contributed by atoms with Gasteiger partial charge in [0.05, 0.1) is 10.6 Å². The zero-order valence-electron chi connectivity index (χ0n) is 10.2. The Morgan fingerprint density at radius 1 is 1.44 bits per heavy atom. The second-order valence-electron chi connectivity index (χ2n) is 3.98. The van der Waals surface area contributed by atoms with Gasteiger partial charge in [-0.15, -0.1) is 0 Å². The molecule has 0 aromatic heterocycles. The van der Waals surface area contributed by atoms with Crippen molar-refractivity contribution in [3.63, 3.8) is 0 Å². The number of anilines is 1. The molecule has 1 unspecified atom stereocenters. The summed E-state index contributed by atoms with van der Waals surface area (Å²) in [6.45, 7) is 3.80. The van der Waals surface area contributed by atoms with Crippen LogP contribution in [0.1, 0.15) is 24.2 Å². The Labute approximate surface area is 110 Å². The van der Waals surface area contributed by atoms with Crippen LogP contribution in [0.5, 0.6) is 0 Å². The van der Waals surface area contributed by atoms with Gasteiger partial charge in [-0.1, -0.05) is 11.6 Å². The molecule has 0 fully saturated rings. The molecule has 0 aliphatic rings. The fourth-order valence-electron chi connectivity index (χ4n) is 1.47. The molecule has 0 saturated heterocycles. The van der Waals surface area contributed by atoms with Gasteiger partial charge in [0.1, 0.15) is 0 Å². The SMILES string of the molecule is CC(=O)NC(C)CNc1ccc(Cl)c(C(=O)O)c1. The predicted molar refractivity (Wildman–Crippen MR) is 70.2 cm³/mol. The third-order valence-corrected chi connectivity index (χ3v) is 2.59. The van der Waals surface area contributed by atoms with Crippen molar-refractivity contribution in [2.24, 2.45) is 0 Å². The van der Waals surface area contributed by atoms with Crippen LogP contribution in [0, 0.1) is 0 Å². The number of amides is 1. The van der Waals surface area contributed by atoms with E-state index in [0.29, 0.717) is 12.2 Å². The average Bonchev–Trinajstić information content (AvgIpc) is 2.26. The molecule has 0 aliphatic carbocycles. The molecule has 1 aromatic carbocycles. The second-order valence-corrected chi connectivity index (χ2v) is 4.39. The Hall–Kier alpha value is -1.75. The molecule has 0 heterocycles. The summed E-state index contributed by atoms with van der Waals surface area (Å²) in [5.74, 6) is -1.18. The quantitative estimate of drug-likeness (QED) is 0.764. The highest BCUT2D eigenvalue weighted by molar-refractivity contribution is 6.33. The number of rotatable bonds is 5. The Bertz CT molecular complexity index is 463. The van der Waals surface area contributed by atoms with Crippen LogP contribution >= 0.6 is 11.6 Å². The first-order valence-electron chi connectivity index (χ1n) is 5.44. The lowest BCUT2D eigenvalue weighted by Gasteiger charge is -2.14. The maximum atomic E-state index is 10.9. The van der Waals surface area contributed by atoms with Crippen LogP contribution in [-0.2, 0) is 4.79 Å². The van der Waals surface area contributed by atoms with Gasteiger partial charge >= 0.3 is 5.97 Å². The normalized spacial score (nSPS) is 11.7. The van der Waals surface area contributed by atoms with Gasteiger partial charge in [-0.3, -0.25) is 4.79 Å². The van der Waals surface area contributed by atoms with Gasteiger partial charge in [-0.25, -0.2) is 4.79 Å². The monoisotopic (exact) mass is 270 g/mol. The molecule has 1 atom stereocenters. The van der Waals surface area contributed by atoms with Crippen LogP contribution in [0.3, 0.4) is 0 Å². The number of hydrogen-bond donors (Lipinski definition) is 3. The summed E-state index contributed by atoms with van der Waals surface area (Å²) in [5.41, 5.74) is 0.697. The highest BCUT2D eigenvalue weighted by Gasteiger charge is 2.10. The molecular formula is C12H15ClN2O3. The van der Waals surface area contributed by atoms with Crippen LogP contribution in [0.4, 0.5) is 5.69 Å². The Kier molecular flexibility index (Phi) is 4.97. The number of carbonyl (C=O) groups excluding carboxylic acids is 1. The van der Waals surface area contributed by atoms with E-state index in [-0.39, 0.29) is 22.5 Å². The molecule has 0 bridgehead atoms. The van der Waals surface area contributed by atoms with Crippen molar-refractivity contribution >= 4 is 29.2 Å². The smallest absolute Gasteiger partial charge is 0.337 e. The summed E-state index contributed by atoms with van der Waals surface area (Å²) in [6.07, 6.45) is 0. The number of benzene rings is 1. The molecule has 0 saturated carbocycles. The van der Waals surface area contributed by atoms with E-state index >= 15 is 0 Å². The Morgan fingerprint density at radius 3 is 2.67 bits per heavy atom. The molecular weight excluding hydrogens is 256 g/mol. The predicted octanol–water partition coefficient (Wildman–Crippen LogP) is 1.97. The van der Waals surface area contributed by atoms with E-state index in [2.05, 4.69) is 10.6 Å². The van der Waals surface area contributed by atoms with Gasteiger partial charge in [0.15, 0.2) is 0 Å². The molecule has 6 heteroatoms. The molecule has 0 spiro atoms. The first-order valence-corrected chi connectivity index (χ1v) is 5.81. The number of carboxylic acids is 1. The third kappa shape index (κ3) is 4.25. The second kappa shape index (κ2) is 6.26. The van der Waals surface area contributed by atoms with Crippen LogP contribution < -0.4 is 10.6 Å². The maximum absolute atomic E-state index is 10.9. The lowest BCUT2D eigenvalue weighted by molar-refractivity contribution is -0.119. The van der Waals surface area contributed by atoms with Crippen molar-refractivity contribution in [3.8, 4) is 0 Å². The third-order valence-electron chi connectivity index (χ3n) is 2.26. The number of hydrogen-bond acceptors (Lipinski definition) is 3. The highest BCUT2D eigenvalue weighted by atomic mass is 35.5. The molecule has 1 rings (SSSR count). The number of carbonyl (C=O) groups is 2. The van der Waals surface area contributed by atoms with Crippen molar-refractivity contribution in [2.45, 2.75) is 19.9 Å². The molecule has 1 aromatic rings. The van der Waals surface area contributed by atoms with Crippen LogP contribution in [0.15, 0.2) is 18.2 Å². The first kappa shape index (κ1) is 14.3. The zero-order valence-corrected chi connectivity index (χ0v) is 10.9. The van der Waals surface area contributed by atoms with E-state index in [4.69, 9.17) is 16.7 Å². The van der Waals surface area contributed by atoms with E-state index in [0.717, 1.165) is 0 Å². The van der Waals surface area contributed by atoms with Crippen molar-refractivity contribution in [1.29, 1.82) is 0 Å². The number of nitrogens with one attached hydrogen (secondary N) is 2. The minimum atomic E-state index is -1.07. The summed E-state index contributed by atoms with van der Waals surface area (Å²) in [4.78, 5) is 21.7. The Morgan fingerprint density at radius 2 is 2.11 bits per heavy atom. The van der Waals surface area contributed by atoms with Gasteiger partial charge in [-0.05, 0) is 25.1 Å². The van der Waals surface area contributed by atoms with Crippen molar-refractivity contribution < 1.29 is 14.7 Å². The van der Waals surface area contributed by atoms with Crippen LogP contribution in [0.2, 0.25) is 5.02 Å². The molecule has 98 valence electrons. The fourth-order valence-corrected chi connectivity index (χ4v) is 1.67. The van der Waals surface area contributed by atoms with Crippen molar-refractivity contribution in [3.05, 3.63) is 28.8 Å². The zero-order chi connectivity index (χ0) is 13.7. The lowest BCUT2D eigenvalue weighted by atomic mass is 10.2. The molecule has 0 aliphatic heterocycles. The summed E-state index contributed by atoms with van der Waals surface area (Å²) in [6, 6.07) is 4.63. The van der Waals surface area contributed by atoms with Crippen molar-refractivity contribution in [1.82, 2.24) is 5.32 Å². The van der Waals surface area contributed by atoms with Gasteiger partial charge in [0.25, 0.3) is 0 Å². The maximum Gasteiger partial charge on any atom is 0.337 e. The topological polar surface area (TPSA) is 78.4 Å². The molecule has 0 radical (unpaired) electrons. The summed E-state index contributed by atoms with van der Waals surface area (Å²) >= 11 is 5.76. The van der Waals surface area contributed by atoms with E-state index in [1.54, 1.807) is 6.07 Å².